The molecule has 1 unspecified atom stereocenters. The summed E-state index contributed by atoms with van der Waals surface area (Å²) in [4.78, 5) is 12.7. The molecule has 0 fully saturated rings. The molecular formula is C34H32F6O3. The Bertz CT molecular complexity index is 1550. The van der Waals surface area contributed by atoms with E-state index >= 15 is 0 Å². The van der Waals surface area contributed by atoms with E-state index in [-0.39, 0.29) is 42.7 Å². The maximum absolute atomic E-state index is 15.0. The van der Waals surface area contributed by atoms with Gasteiger partial charge < -0.3 is 9.47 Å². The molecule has 43 heavy (non-hydrogen) atoms. The van der Waals surface area contributed by atoms with Crippen LogP contribution in [0.1, 0.15) is 73.9 Å². The minimum Gasteiger partial charge on any atom is -0.490 e. The van der Waals surface area contributed by atoms with Gasteiger partial charge in [0, 0.05) is 23.1 Å². The maximum atomic E-state index is 15.0. The minimum absolute atomic E-state index is 0.130. The normalized spacial score (nSPS) is 15.1. The van der Waals surface area contributed by atoms with Crippen molar-refractivity contribution < 1.29 is 40.6 Å². The fourth-order valence-electron chi connectivity index (χ4n) is 4.91. The number of aryl methyl sites for hydroxylation is 1. The number of benzene rings is 3. The van der Waals surface area contributed by atoms with Gasteiger partial charge in [0.15, 0.2) is 34.8 Å². The third-order valence-electron chi connectivity index (χ3n) is 7.36. The molecule has 0 bridgehead atoms. The van der Waals surface area contributed by atoms with Gasteiger partial charge in [-0.2, -0.15) is 4.39 Å². The minimum atomic E-state index is -1.57. The molecular weight excluding hydrogens is 570 g/mol. The fraction of sp³-hybridized carbons (Fsp3) is 0.324. The molecule has 1 aliphatic rings. The highest BCUT2D eigenvalue weighted by atomic mass is 19.2. The summed E-state index contributed by atoms with van der Waals surface area (Å²) in [5, 5.41) is 0. The zero-order valence-corrected chi connectivity index (χ0v) is 23.9. The summed E-state index contributed by atoms with van der Waals surface area (Å²) in [5.74, 6) is -9.15. The van der Waals surface area contributed by atoms with E-state index in [0.29, 0.717) is 24.8 Å². The van der Waals surface area contributed by atoms with Crippen LogP contribution in [0.15, 0.2) is 54.6 Å². The van der Waals surface area contributed by atoms with Gasteiger partial charge in [-0.25, -0.2) is 26.7 Å². The van der Waals surface area contributed by atoms with Crippen molar-refractivity contribution in [2.45, 2.75) is 64.9 Å². The number of halogens is 6. The molecule has 0 heterocycles. The second kappa shape index (κ2) is 14.4. The third kappa shape index (κ3) is 7.14. The lowest BCUT2D eigenvalue weighted by Gasteiger charge is -2.23. The summed E-state index contributed by atoms with van der Waals surface area (Å²) in [5.41, 5.74) is -0.845. The van der Waals surface area contributed by atoms with E-state index in [1.807, 2.05) is 26.0 Å². The maximum Gasteiger partial charge on any atom is 0.341 e. The van der Waals surface area contributed by atoms with Crippen molar-refractivity contribution in [2.75, 3.05) is 6.61 Å². The Hall–Kier alpha value is -4.01. The van der Waals surface area contributed by atoms with E-state index in [4.69, 9.17) is 9.47 Å². The second-order valence-electron chi connectivity index (χ2n) is 10.3. The van der Waals surface area contributed by atoms with Crippen LogP contribution in [0.4, 0.5) is 26.3 Å². The van der Waals surface area contributed by atoms with E-state index in [2.05, 4.69) is 0 Å². The average molecular weight is 603 g/mol. The Morgan fingerprint density at radius 1 is 0.860 bits per heavy atom. The van der Waals surface area contributed by atoms with Crippen LogP contribution in [-0.2, 0) is 11.2 Å². The Kier molecular flexibility index (Phi) is 10.7. The van der Waals surface area contributed by atoms with Crippen molar-refractivity contribution in [2.24, 2.45) is 0 Å². The first-order valence-electron chi connectivity index (χ1n) is 14.2. The van der Waals surface area contributed by atoms with Crippen molar-refractivity contribution >= 4 is 11.5 Å². The lowest BCUT2D eigenvalue weighted by molar-refractivity contribution is 0.0279. The summed E-state index contributed by atoms with van der Waals surface area (Å²) >= 11 is 0. The Morgan fingerprint density at radius 3 is 2.21 bits per heavy atom. The highest BCUT2D eigenvalue weighted by molar-refractivity contribution is 5.91. The summed E-state index contributed by atoms with van der Waals surface area (Å²) in [6.07, 6.45) is 7.68. The first-order valence-corrected chi connectivity index (χ1v) is 14.2. The molecule has 0 radical (unpaired) electrons. The Morgan fingerprint density at radius 2 is 1.53 bits per heavy atom. The molecule has 1 atom stereocenters. The van der Waals surface area contributed by atoms with Crippen molar-refractivity contribution in [1.29, 1.82) is 0 Å². The number of carbonyl (C=O) groups excluding carboxylic acids is 1. The average Bonchev–Trinajstić information content (AvgIpc) is 3.00. The van der Waals surface area contributed by atoms with E-state index in [9.17, 15) is 31.1 Å². The van der Waals surface area contributed by atoms with E-state index in [0.717, 1.165) is 30.7 Å². The zero-order chi connectivity index (χ0) is 31.1. The number of hydrogen-bond donors (Lipinski definition) is 0. The van der Waals surface area contributed by atoms with Crippen molar-refractivity contribution in [3.63, 3.8) is 0 Å². The molecule has 4 rings (SSSR count). The molecule has 0 amide bonds. The lowest BCUT2D eigenvalue weighted by Crippen LogP contribution is -2.21. The number of esters is 1. The number of unbranched alkanes of at least 4 members (excludes halogenated alkanes) is 1. The van der Waals surface area contributed by atoms with Crippen molar-refractivity contribution in [3.8, 4) is 16.9 Å². The van der Waals surface area contributed by atoms with E-state index in [1.54, 1.807) is 12.1 Å². The molecule has 0 aliphatic heterocycles. The van der Waals surface area contributed by atoms with Crippen LogP contribution < -0.4 is 4.74 Å². The summed E-state index contributed by atoms with van der Waals surface area (Å²) in [7, 11) is 0. The molecule has 0 saturated carbocycles. The quantitative estimate of drug-likeness (QED) is 0.0949. The Balaban J connectivity index is 1.45. The third-order valence-corrected chi connectivity index (χ3v) is 7.36. The van der Waals surface area contributed by atoms with Gasteiger partial charge in [-0.15, -0.1) is 0 Å². The number of hydrogen-bond acceptors (Lipinski definition) is 3. The standard InChI is InChI=1S/C34H32F6O3/c1-3-5-7-8-21-11-14-23(29(36)28(21)35)20-9-12-22(13-10-20)43-34(41)26-16-15-24(30(37)32(26)39)25-17-18-27(33(40)31(25)38)42-19-6-4-2/h3,5,9,11,14-18,22H,4,6-8,10,12-13,19H2,1-2H3/b5-3+. The highest BCUT2D eigenvalue weighted by Gasteiger charge is 2.27. The van der Waals surface area contributed by atoms with Crippen LogP contribution in [0.2, 0.25) is 0 Å². The fourth-order valence-corrected chi connectivity index (χ4v) is 4.91. The molecule has 0 N–H and O–H groups in total. The van der Waals surface area contributed by atoms with Crippen LogP contribution in [0.3, 0.4) is 0 Å². The number of allylic oxidation sites excluding steroid dienone is 3. The van der Waals surface area contributed by atoms with Gasteiger partial charge >= 0.3 is 5.97 Å². The molecule has 228 valence electrons. The molecule has 3 nitrogen and oxygen atoms in total. The van der Waals surface area contributed by atoms with Gasteiger partial charge in [-0.05, 0) is 68.4 Å². The molecule has 9 heteroatoms. The monoisotopic (exact) mass is 602 g/mol. The van der Waals surface area contributed by atoms with Crippen molar-refractivity contribution in [3.05, 3.63) is 106 Å². The molecule has 0 spiro atoms. The van der Waals surface area contributed by atoms with Crippen LogP contribution in [0.5, 0.6) is 5.75 Å². The summed E-state index contributed by atoms with van der Waals surface area (Å²) in [6, 6.07) is 7.22. The smallest absolute Gasteiger partial charge is 0.341 e. The van der Waals surface area contributed by atoms with Gasteiger partial charge in [0.1, 0.15) is 6.10 Å². The van der Waals surface area contributed by atoms with Crippen LogP contribution in [-0.4, -0.2) is 18.7 Å². The second-order valence-corrected chi connectivity index (χ2v) is 10.3. The molecule has 0 aromatic heterocycles. The van der Waals surface area contributed by atoms with Gasteiger partial charge in [-0.3, -0.25) is 0 Å². The zero-order valence-electron chi connectivity index (χ0n) is 23.9. The number of rotatable bonds is 11. The molecule has 0 saturated heterocycles. The molecule has 3 aromatic rings. The van der Waals surface area contributed by atoms with Gasteiger partial charge in [0.25, 0.3) is 0 Å². The van der Waals surface area contributed by atoms with Crippen molar-refractivity contribution in [1.82, 2.24) is 0 Å². The van der Waals surface area contributed by atoms with Crippen LogP contribution >= 0.6 is 0 Å². The first kappa shape index (κ1) is 31.9. The number of carbonyl (C=O) groups is 1. The first-order chi connectivity index (χ1) is 20.7. The van der Waals surface area contributed by atoms with Gasteiger partial charge in [0.2, 0.25) is 5.82 Å². The highest BCUT2D eigenvalue weighted by Crippen LogP contribution is 2.35. The van der Waals surface area contributed by atoms with Gasteiger partial charge in [0.05, 0.1) is 12.2 Å². The number of ether oxygens (including phenoxy) is 2. The predicted octanol–water partition coefficient (Wildman–Crippen LogP) is 9.67. The van der Waals surface area contributed by atoms with Crippen LogP contribution in [0.25, 0.3) is 16.7 Å². The van der Waals surface area contributed by atoms with Crippen LogP contribution in [0, 0.1) is 34.9 Å². The topological polar surface area (TPSA) is 35.5 Å². The molecule has 3 aromatic carbocycles. The van der Waals surface area contributed by atoms with Gasteiger partial charge in [-0.1, -0.05) is 49.8 Å². The predicted molar refractivity (Wildman–Crippen MR) is 153 cm³/mol. The molecule has 1 aliphatic carbocycles. The SMILES string of the molecule is C/C=C/CCc1ccc(C2=CCC(OC(=O)c3ccc(-c4ccc(OCCCC)c(F)c4F)c(F)c3F)CC2)c(F)c1F. The van der Waals surface area contributed by atoms with E-state index in [1.165, 1.54) is 6.07 Å². The summed E-state index contributed by atoms with van der Waals surface area (Å²) < 4.78 is 99.1. The lowest BCUT2D eigenvalue weighted by atomic mass is 9.90. The largest absolute Gasteiger partial charge is 0.490 e. The van der Waals surface area contributed by atoms with E-state index < -0.39 is 63.7 Å². The Labute approximate surface area is 246 Å². The summed E-state index contributed by atoms with van der Waals surface area (Å²) in [6.45, 7) is 3.92.